The third-order valence-corrected chi connectivity index (χ3v) is 4.02. The van der Waals surface area contributed by atoms with Crippen LogP contribution in [0.1, 0.15) is 18.5 Å². The fourth-order valence-electron chi connectivity index (χ4n) is 2.84. The maximum atomic E-state index is 5.73. The Morgan fingerprint density at radius 2 is 2.00 bits per heavy atom. The van der Waals surface area contributed by atoms with Crippen molar-refractivity contribution in [3.05, 3.63) is 36.0 Å². The van der Waals surface area contributed by atoms with E-state index in [0.29, 0.717) is 0 Å². The summed E-state index contributed by atoms with van der Waals surface area (Å²) in [4.78, 5) is 6.03. The van der Waals surface area contributed by atoms with Gasteiger partial charge in [-0.2, -0.15) is 0 Å². The zero-order valence-electron chi connectivity index (χ0n) is 10.7. The van der Waals surface area contributed by atoms with Crippen molar-refractivity contribution in [1.29, 1.82) is 0 Å². The molecule has 96 valence electrons. The molecule has 18 heavy (non-hydrogen) atoms. The van der Waals surface area contributed by atoms with Crippen molar-refractivity contribution in [1.82, 2.24) is 9.88 Å². The Bertz CT molecular complexity index is 476. The number of likely N-dealkylation sites (tertiary alicyclic amines) is 1. The maximum absolute atomic E-state index is 5.73. The molecule has 1 aliphatic heterocycles. The average Bonchev–Trinajstić information content (AvgIpc) is 2.82. The second-order valence-electron chi connectivity index (χ2n) is 5.34. The summed E-state index contributed by atoms with van der Waals surface area (Å²) < 4.78 is 0. The molecule has 1 aromatic heterocycles. The molecule has 1 fully saturated rings. The molecule has 3 heteroatoms. The highest BCUT2D eigenvalue weighted by atomic mass is 15.1. The quantitative estimate of drug-likeness (QED) is 0.869. The van der Waals surface area contributed by atoms with Crippen LogP contribution in [0, 0.1) is 5.92 Å². The zero-order chi connectivity index (χ0) is 12.4. The van der Waals surface area contributed by atoms with Gasteiger partial charge in [-0.15, -0.1) is 0 Å². The van der Waals surface area contributed by atoms with Crippen LogP contribution in [0.5, 0.6) is 0 Å². The van der Waals surface area contributed by atoms with E-state index in [2.05, 4.69) is 40.2 Å². The molecule has 2 heterocycles. The highest BCUT2D eigenvalue weighted by Gasteiger charge is 2.18. The summed E-state index contributed by atoms with van der Waals surface area (Å²) in [5, 5.41) is 1.31. The normalized spacial score (nSPS) is 18.5. The molecular formula is C15H21N3. The van der Waals surface area contributed by atoms with Crippen LogP contribution < -0.4 is 5.73 Å². The lowest BCUT2D eigenvalue weighted by Gasteiger charge is -2.30. The highest BCUT2D eigenvalue weighted by molar-refractivity contribution is 5.80. The zero-order valence-corrected chi connectivity index (χ0v) is 10.7. The molecule has 0 atom stereocenters. The first-order chi connectivity index (χ1) is 8.85. The Labute approximate surface area is 108 Å². The Morgan fingerprint density at radius 3 is 2.72 bits per heavy atom. The smallest absolute Gasteiger partial charge is 0.0456 e. The molecule has 0 aliphatic carbocycles. The summed E-state index contributed by atoms with van der Waals surface area (Å²) in [5.41, 5.74) is 8.29. The number of piperidine rings is 1. The van der Waals surface area contributed by atoms with E-state index in [9.17, 15) is 0 Å². The molecule has 2 aromatic rings. The van der Waals surface area contributed by atoms with E-state index in [1.165, 1.54) is 42.5 Å². The highest BCUT2D eigenvalue weighted by Crippen LogP contribution is 2.20. The number of rotatable bonds is 3. The number of nitrogens with two attached hydrogens (primary N) is 1. The molecule has 0 bridgehead atoms. The van der Waals surface area contributed by atoms with Gasteiger partial charge in [0, 0.05) is 17.8 Å². The van der Waals surface area contributed by atoms with Gasteiger partial charge < -0.3 is 10.7 Å². The van der Waals surface area contributed by atoms with Gasteiger partial charge in [-0.25, -0.2) is 0 Å². The number of nitrogens with one attached hydrogen (secondary N) is 1. The van der Waals surface area contributed by atoms with Gasteiger partial charge >= 0.3 is 0 Å². The Kier molecular flexibility index (Phi) is 3.35. The minimum absolute atomic E-state index is 0.740. The number of H-pyrrole nitrogens is 1. The van der Waals surface area contributed by atoms with E-state index < -0.39 is 0 Å². The van der Waals surface area contributed by atoms with Gasteiger partial charge in [-0.3, -0.25) is 4.90 Å². The fourth-order valence-corrected chi connectivity index (χ4v) is 2.84. The van der Waals surface area contributed by atoms with Crippen molar-refractivity contribution in [3.8, 4) is 0 Å². The summed E-state index contributed by atoms with van der Waals surface area (Å²) in [5.74, 6) is 0.740. The predicted octanol–water partition coefficient (Wildman–Crippen LogP) is 2.34. The van der Waals surface area contributed by atoms with Gasteiger partial charge in [0.05, 0.1) is 0 Å². The number of hydrogen-bond acceptors (Lipinski definition) is 2. The molecule has 3 N–H and O–H groups in total. The van der Waals surface area contributed by atoms with Crippen LogP contribution >= 0.6 is 0 Å². The average molecular weight is 243 g/mol. The number of hydrogen-bond donors (Lipinski definition) is 2. The van der Waals surface area contributed by atoms with Crippen LogP contribution in [-0.4, -0.2) is 29.5 Å². The van der Waals surface area contributed by atoms with E-state index in [1.807, 2.05) is 0 Å². The third kappa shape index (κ3) is 2.42. The molecule has 1 aromatic carbocycles. The molecule has 1 aliphatic rings. The molecule has 1 saturated heterocycles. The first-order valence-electron chi connectivity index (χ1n) is 6.84. The third-order valence-electron chi connectivity index (χ3n) is 4.02. The van der Waals surface area contributed by atoms with Crippen molar-refractivity contribution in [2.45, 2.75) is 19.4 Å². The van der Waals surface area contributed by atoms with Crippen molar-refractivity contribution in [2.75, 3.05) is 19.6 Å². The van der Waals surface area contributed by atoms with Gasteiger partial charge in [-0.1, -0.05) is 18.2 Å². The van der Waals surface area contributed by atoms with Gasteiger partial charge in [-0.05, 0) is 55.9 Å². The molecule has 3 nitrogen and oxygen atoms in total. The molecular weight excluding hydrogens is 222 g/mol. The van der Waals surface area contributed by atoms with E-state index in [4.69, 9.17) is 5.73 Å². The number of nitrogens with zero attached hydrogens (tertiary/aromatic N) is 1. The Hall–Kier alpha value is -1.32. The molecule has 0 radical (unpaired) electrons. The molecule has 0 unspecified atom stereocenters. The fraction of sp³-hybridized carbons (Fsp3) is 0.467. The second kappa shape index (κ2) is 5.12. The number of aromatic nitrogens is 1. The first-order valence-corrected chi connectivity index (χ1v) is 6.84. The van der Waals surface area contributed by atoms with Gasteiger partial charge in [0.25, 0.3) is 0 Å². The monoisotopic (exact) mass is 243 g/mol. The topological polar surface area (TPSA) is 45.0 Å². The maximum Gasteiger partial charge on any atom is 0.0456 e. The van der Waals surface area contributed by atoms with E-state index in [0.717, 1.165) is 19.0 Å². The molecule has 0 amide bonds. The summed E-state index contributed by atoms with van der Waals surface area (Å²) in [6.07, 6.45) is 2.49. The number of aromatic amines is 1. The van der Waals surface area contributed by atoms with Crippen LogP contribution in [0.3, 0.4) is 0 Å². The first kappa shape index (κ1) is 11.8. The van der Waals surface area contributed by atoms with Crippen LogP contribution in [0.25, 0.3) is 10.9 Å². The Morgan fingerprint density at radius 1 is 1.22 bits per heavy atom. The van der Waals surface area contributed by atoms with Crippen molar-refractivity contribution >= 4 is 10.9 Å². The molecule has 3 rings (SSSR count). The van der Waals surface area contributed by atoms with Crippen LogP contribution in [0.2, 0.25) is 0 Å². The molecule has 0 spiro atoms. The van der Waals surface area contributed by atoms with E-state index in [1.54, 1.807) is 0 Å². The molecule has 0 saturated carbocycles. The van der Waals surface area contributed by atoms with Crippen molar-refractivity contribution < 1.29 is 0 Å². The van der Waals surface area contributed by atoms with Crippen LogP contribution in [-0.2, 0) is 6.54 Å². The summed E-state index contributed by atoms with van der Waals surface area (Å²) in [6.45, 7) is 4.24. The number of benzene rings is 1. The standard InChI is InChI=1S/C15H21N3/c16-10-12-5-7-18(8-6-12)11-14-9-13-3-1-2-4-15(13)17-14/h1-4,9,12,17H,5-8,10-11,16H2. The van der Waals surface area contributed by atoms with Gasteiger partial charge in [0.15, 0.2) is 0 Å². The van der Waals surface area contributed by atoms with Crippen LogP contribution in [0.4, 0.5) is 0 Å². The Balaban J connectivity index is 1.66. The summed E-state index contributed by atoms with van der Waals surface area (Å²) in [6, 6.07) is 10.7. The van der Waals surface area contributed by atoms with Crippen LogP contribution in [0.15, 0.2) is 30.3 Å². The lowest BCUT2D eigenvalue weighted by molar-refractivity contribution is 0.179. The van der Waals surface area contributed by atoms with Gasteiger partial charge in [0.2, 0.25) is 0 Å². The van der Waals surface area contributed by atoms with Crippen molar-refractivity contribution in [2.24, 2.45) is 11.7 Å². The van der Waals surface area contributed by atoms with E-state index >= 15 is 0 Å². The predicted molar refractivity (Wildman–Crippen MR) is 75.4 cm³/mol. The summed E-state index contributed by atoms with van der Waals surface area (Å²) >= 11 is 0. The summed E-state index contributed by atoms with van der Waals surface area (Å²) in [7, 11) is 0. The lowest BCUT2D eigenvalue weighted by atomic mass is 9.97. The SMILES string of the molecule is NCC1CCN(Cc2cc3ccccc3[nH]2)CC1. The minimum atomic E-state index is 0.740. The lowest BCUT2D eigenvalue weighted by Crippen LogP contribution is -2.35. The van der Waals surface area contributed by atoms with E-state index in [-0.39, 0.29) is 0 Å². The second-order valence-corrected chi connectivity index (χ2v) is 5.34. The number of fused-ring (bicyclic) bond motifs is 1. The minimum Gasteiger partial charge on any atom is -0.357 e. The number of para-hydroxylation sites is 1. The van der Waals surface area contributed by atoms with Crippen molar-refractivity contribution in [3.63, 3.8) is 0 Å². The van der Waals surface area contributed by atoms with Gasteiger partial charge in [0.1, 0.15) is 0 Å². The largest absolute Gasteiger partial charge is 0.357 e.